The molecule has 2 rings (SSSR count). The van der Waals surface area contributed by atoms with Gasteiger partial charge in [0.1, 0.15) is 5.15 Å². The molecule has 0 unspecified atom stereocenters. The SMILES string of the molecule is CCCc1cc(C(=O)Nc2ccc(C)c(Cl)c2)cc(Cl)n1. The summed E-state index contributed by atoms with van der Waals surface area (Å²) in [5, 5.41) is 3.76. The van der Waals surface area contributed by atoms with Gasteiger partial charge in [-0.25, -0.2) is 4.98 Å². The van der Waals surface area contributed by atoms with E-state index >= 15 is 0 Å². The molecule has 1 heterocycles. The van der Waals surface area contributed by atoms with Crippen molar-refractivity contribution in [1.29, 1.82) is 0 Å². The van der Waals surface area contributed by atoms with Crippen LogP contribution in [-0.4, -0.2) is 10.9 Å². The third-order valence-electron chi connectivity index (χ3n) is 3.05. The Balaban J connectivity index is 2.21. The average molecular weight is 323 g/mol. The van der Waals surface area contributed by atoms with Gasteiger partial charge in [-0.2, -0.15) is 0 Å². The maximum Gasteiger partial charge on any atom is 0.255 e. The normalized spacial score (nSPS) is 10.5. The van der Waals surface area contributed by atoms with Crippen molar-refractivity contribution in [3.63, 3.8) is 0 Å². The molecule has 2 aromatic rings. The number of carbonyl (C=O) groups excluding carboxylic acids is 1. The van der Waals surface area contributed by atoms with Gasteiger partial charge in [0.15, 0.2) is 0 Å². The minimum absolute atomic E-state index is 0.225. The first-order chi connectivity index (χ1) is 9.99. The van der Waals surface area contributed by atoms with Crippen LogP contribution in [0.3, 0.4) is 0 Å². The van der Waals surface area contributed by atoms with Crippen molar-refractivity contribution in [2.45, 2.75) is 26.7 Å². The summed E-state index contributed by atoms with van der Waals surface area (Å²) in [4.78, 5) is 16.5. The van der Waals surface area contributed by atoms with Crippen LogP contribution in [-0.2, 0) is 6.42 Å². The van der Waals surface area contributed by atoms with Crippen molar-refractivity contribution in [2.75, 3.05) is 5.32 Å². The van der Waals surface area contributed by atoms with Crippen molar-refractivity contribution in [2.24, 2.45) is 0 Å². The van der Waals surface area contributed by atoms with E-state index < -0.39 is 0 Å². The van der Waals surface area contributed by atoms with E-state index in [9.17, 15) is 4.79 Å². The molecule has 1 amide bonds. The van der Waals surface area contributed by atoms with Gasteiger partial charge in [-0.3, -0.25) is 4.79 Å². The Kier molecular flexibility index (Phi) is 5.21. The fourth-order valence-corrected chi connectivity index (χ4v) is 2.35. The van der Waals surface area contributed by atoms with Crippen LogP contribution in [0.2, 0.25) is 10.2 Å². The zero-order valence-corrected chi connectivity index (χ0v) is 13.4. The molecule has 0 aliphatic carbocycles. The van der Waals surface area contributed by atoms with E-state index in [1.165, 1.54) is 0 Å². The molecule has 0 bridgehead atoms. The molecule has 0 atom stereocenters. The van der Waals surface area contributed by atoms with Gasteiger partial charge < -0.3 is 5.32 Å². The molecular weight excluding hydrogens is 307 g/mol. The second kappa shape index (κ2) is 6.92. The number of aromatic nitrogens is 1. The molecule has 0 aliphatic heterocycles. The maximum absolute atomic E-state index is 12.3. The van der Waals surface area contributed by atoms with Crippen molar-refractivity contribution in [1.82, 2.24) is 4.98 Å². The first kappa shape index (κ1) is 15.8. The zero-order chi connectivity index (χ0) is 15.4. The van der Waals surface area contributed by atoms with Gasteiger partial charge in [0.25, 0.3) is 5.91 Å². The number of benzene rings is 1. The highest BCUT2D eigenvalue weighted by atomic mass is 35.5. The summed E-state index contributed by atoms with van der Waals surface area (Å²) in [6, 6.07) is 8.73. The van der Waals surface area contributed by atoms with Crippen LogP contribution < -0.4 is 5.32 Å². The standard InChI is InChI=1S/C16H16Cl2N2O/c1-3-4-12-7-11(8-15(18)19-12)16(21)20-13-6-5-10(2)14(17)9-13/h5-9H,3-4H2,1-2H3,(H,20,21). The van der Waals surface area contributed by atoms with Crippen LogP contribution in [0.4, 0.5) is 5.69 Å². The molecule has 5 heteroatoms. The number of pyridine rings is 1. The summed E-state index contributed by atoms with van der Waals surface area (Å²) >= 11 is 12.0. The Morgan fingerprint density at radius 1 is 1.24 bits per heavy atom. The van der Waals surface area contributed by atoms with Gasteiger partial charge in [-0.1, -0.05) is 42.6 Å². The van der Waals surface area contributed by atoms with Crippen molar-refractivity contribution in [3.05, 3.63) is 57.3 Å². The smallest absolute Gasteiger partial charge is 0.255 e. The summed E-state index contributed by atoms with van der Waals surface area (Å²) in [6.45, 7) is 3.96. The predicted octanol–water partition coefficient (Wildman–Crippen LogP) is 4.90. The molecule has 0 fully saturated rings. The minimum atomic E-state index is -0.225. The van der Waals surface area contributed by atoms with Gasteiger partial charge in [0.2, 0.25) is 0 Å². The number of halogens is 2. The van der Waals surface area contributed by atoms with Crippen molar-refractivity contribution < 1.29 is 4.79 Å². The summed E-state index contributed by atoms with van der Waals surface area (Å²) in [5.41, 5.74) is 2.93. The van der Waals surface area contributed by atoms with Crippen molar-refractivity contribution >= 4 is 34.8 Å². The van der Waals surface area contributed by atoms with E-state index in [1.807, 2.05) is 19.1 Å². The molecule has 0 radical (unpaired) electrons. The van der Waals surface area contributed by atoms with E-state index in [0.29, 0.717) is 21.4 Å². The van der Waals surface area contributed by atoms with Crippen LogP contribution in [0.25, 0.3) is 0 Å². The van der Waals surface area contributed by atoms with E-state index in [2.05, 4.69) is 17.2 Å². The van der Waals surface area contributed by atoms with E-state index in [-0.39, 0.29) is 5.91 Å². The van der Waals surface area contributed by atoms with Gasteiger partial charge in [-0.15, -0.1) is 0 Å². The van der Waals surface area contributed by atoms with Crippen LogP contribution in [0, 0.1) is 6.92 Å². The Bertz CT molecular complexity index is 671. The topological polar surface area (TPSA) is 42.0 Å². The Labute approximate surface area is 134 Å². The highest BCUT2D eigenvalue weighted by Crippen LogP contribution is 2.21. The number of nitrogens with one attached hydrogen (secondary N) is 1. The number of carbonyl (C=O) groups is 1. The number of anilines is 1. The van der Waals surface area contributed by atoms with Gasteiger partial charge in [-0.05, 0) is 43.2 Å². The molecule has 0 aliphatic rings. The number of aryl methyl sites for hydroxylation is 2. The average Bonchev–Trinajstić information content (AvgIpc) is 2.42. The number of amides is 1. The summed E-state index contributed by atoms with van der Waals surface area (Å²) in [6.07, 6.45) is 1.74. The van der Waals surface area contributed by atoms with Crippen molar-refractivity contribution in [3.8, 4) is 0 Å². The highest BCUT2D eigenvalue weighted by molar-refractivity contribution is 6.31. The second-order valence-corrected chi connectivity index (χ2v) is 5.63. The monoisotopic (exact) mass is 322 g/mol. The molecule has 1 aromatic carbocycles. The largest absolute Gasteiger partial charge is 0.322 e. The fourth-order valence-electron chi connectivity index (χ4n) is 1.94. The fraction of sp³-hybridized carbons (Fsp3) is 0.250. The lowest BCUT2D eigenvalue weighted by molar-refractivity contribution is 0.102. The Morgan fingerprint density at radius 2 is 2.00 bits per heavy atom. The van der Waals surface area contributed by atoms with Crippen LogP contribution in [0.1, 0.15) is 35.0 Å². The molecule has 0 spiro atoms. The van der Waals surface area contributed by atoms with Crippen LogP contribution in [0.15, 0.2) is 30.3 Å². The molecular formula is C16H16Cl2N2O. The predicted molar refractivity (Wildman–Crippen MR) is 87.4 cm³/mol. The molecule has 1 N–H and O–H groups in total. The first-order valence-corrected chi connectivity index (χ1v) is 7.49. The number of nitrogens with zero attached hydrogens (tertiary/aromatic N) is 1. The second-order valence-electron chi connectivity index (χ2n) is 4.84. The van der Waals surface area contributed by atoms with Crippen LogP contribution in [0.5, 0.6) is 0 Å². The molecule has 3 nitrogen and oxygen atoms in total. The molecule has 110 valence electrons. The lowest BCUT2D eigenvalue weighted by Gasteiger charge is -2.08. The third kappa shape index (κ3) is 4.19. The third-order valence-corrected chi connectivity index (χ3v) is 3.65. The van der Waals surface area contributed by atoms with Gasteiger partial charge >= 0.3 is 0 Å². The zero-order valence-electron chi connectivity index (χ0n) is 11.9. The number of rotatable bonds is 4. The summed E-state index contributed by atoms with van der Waals surface area (Å²) in [5.74, 6) is -0.225. The van der Waals surface area contributed by atoms with Gasteiger partial charge in [0.05, 0.1) is 0 Å². The molecule has 1 aromatic heterocycles. The molecule has 21 heavy (non-hydrogen) atoms. The van der Waals surface area contributed by atoms with E-state index in [4.69, 9.17) is 23.2 Å². The molecule has 0 saturated heterocycles. The first-order valence-electron chi connectivity index (χ1n) is 6.73. The quantitative estimate of drug-likeness (QED) is 0.813. The summed E-state index contributed by atoms with van der Waals surface area (Å²) in [7, 11) is 0. The Hall–Kier alpha value is -1.58. The lowest BCUT2D eigenvalue weighted by atomic mass is 10.1. The van der Waals surface area contributed by atoms with E-state index in [1.54, 1.807) is 18.2 Å². The Morgan fingerprint density at radius 3 is 2.67 bits per heavy atom. The minimum Gasteiger partial charge on any atom is -0.322 e. The van der Waals surface area contributed by atoms with Crippen LogP contribution >= 0.6 is 23.2 Å². The number of hydrogen-bond acceptors (Lipinski definition) is 2. The van der Waals surface area contributed by atoms with Gasteiger partial charge in [0, 0.05) is 22.0 Å². The number of hydrogen-bond donors (Lipinski definition) is 1. The highest BCUT2D eigenvalue weighted by Gasteiger charge is 2.10. The van der Waals surface area contributed by atoms with E-state index in [0.717, 1.165) is 24.1 Å². The maximum atomic E-state index is 12.3. The molecule has 0 saturated carbocycles. The lowest BCUT2D eigenvalue weighted by Crippen LogP contribution is -2.13. The summed E-state index contributed by atoms with van der Waals surface area (Å²) < 4.78 is 0.